The van der Waals surface area contributed by atoms with E-state index in [9.17, 15) is 4.79 Å². The van der Waals surface area contributed by atoms with Gasteiger partial charge in [0.05, 0.1) is 0 Å². The van der Waals surface area contributed by atoms with Crippen LogP contribution in [-0.4, -0.2) is 4.57 Å². The molecule has 0 aromatic carbocycles. The Labute approximate surface area is 85.6 Å². The molecule has 0 aliphatic carbocycles. The molecule has 1 aromatic rings. The van der Waals surface area contributed by atoms with Crippen LogP contribution in [0.2, 0.25) is 0 Å². The zero-order valence-electron chi connectivity index (χ0n) is 9.66. The van der Waals surface area contributed by atoms with Crippen molar-refractivity contribution >= 4 is 0 Å². The van der Waals surface area contributed by atoms with Crippen LogP contribution in [0.25, 0.3) is 0 Å². The van der Waals surface area contributed by atoms with E-state index in [2.05, 4.69) is 13.8 Å². The molecule has 0 spiro atoms. The van der Waals surface area contributed by atoms with E-state index in [1.165, 1.54) is 5.56 Å². The fourth-order valence-electron chi connectivity index (χ4n) is 1.92. The molecule has 1 rings (SSSR count). The molecule has 0 amide bonds. The first-order chi connectivity index (χ1) is 6.45. The largest absolute Gasteiger partial charge is 0.310 e. The summed E-state index contributed by atoms with van der Waals surface area (Å²) in [4.78, 5) is 11.6. The van der Waals surface area contributed by atoms with E-state index in [4.69, 9.17) is 0 Å². The topological polar surface area (TPSA) is 22.0 Å². The molecule has 2 nitrogen and oxygen atoms in total. The second kappa shape index (κ2) is 3.99. The predicted molar refractivity (Wildman–Crippen MR) is 59.9 cm³/mol. The van der Waals surface area contributed by atoms with E-state index in [1.807, 2.05) is 31.4 Å². The van der Waals surface area contributed by atoms with Gasteiger partial charge in [-0.15, -0.1) is 0 Å². The molecule has 1 heterocycles. The van der Waals surface area contributed by atoms with Crippen LogP contribution in [-0.2, 0) is 0 Å². The third kappa shape index (κ3) is 1.89. The summed E-state index contributed by atoms with van der Waals surface area (Å²) in [5.74, 6) is 0.473. The number of rotatable bonds is 2. The van der Waals surface area contributed by atoms with Crippen molar-refractivity contribution in [1.29, 1.82) is 0 Å². The van der Waals surface area contributed by atoms with Gasteiger partial charge in [-0.3, -0.25) is 4.79 Å². The Morgan fingerprint density at radius 2 is 1.71 bits per heavy atom. The van der Waals surface area contributed by atoms with Crippen molar-refractivity contribution in [3.05, 3.63) is 33.7 Å². The summed E-state index contributed by atoms with van der Waals surface area (Å²) < 4.78 is 1.86. The van der Waals surface area contributed by atoms with Gasteiger partial charge in [-0.1, -0.05) is 19.9 Å². The molecule has 0 aliphatic heterocycles. The van der Waals surface area contributed by atoms with E-state index in [-0.39, 0.29) is 11.6 Å². The van der Waals surface area contributed by atoms with Crippen molar-refractivity contribution in [2.75, 3.05) is 0 Å². The molecule has 0 bridgehead atoms. The predicted octanol–water partition coefficient (Wildman–Crippen LogP) is 2.86. The summed E-state index contributed by atoms with van der Waals surface area (Å²) >= 11 is 0. The number of aromatic nitrogens is 1. The van der Waals surface area contributed by atoms with Crippen LogP contribution in [0, 0.1) is 6.92 Å². The van der Waals surface area contributed by atoms with Crippen LogP contribution in [0.5, 0.6) is 0 Å². The smallest absolute Gasteiger partial charge is 0.250 e. The highest BCUT2D eigenvalue weighted by Gasteiger charge is 2.10. The highest BCUT2D eigenvalue weighted by atomic mass is 16.1. The summed E-state index contributed by atoms with van der Waals surface area (Å²) in [5.41, 5.74) is 2.46. The summed E-state index contributed by atoms with van der Waals surface area (Å²) in [6, 6.07) is 3.85. The SMILES string of the molecule is Cc1c(C(C)C)ccc(=O)n1C(C)C. The van der Waals surface area contributed by atoms with Crippen LogP contribution in [0.15, 0.2) is 16.9 Å². The lowest BCUT2D eigenvalue weighted by atomic mass is 10.0. The maximum absolute atomic E-state index is 11.6. The monoisotopic (exact) mass is 193 g/mol. The number of hydrogen-bond acceptors (Lipinski definition) is 1. The van der Waals surface area contributed by atoms with Gasteiger partial charge >= 0.3 is 0 Å². The Morgan fingerprint density at radius 3 is 2.14 bits per heavy atom. The first-order valence-corrected chi connectivity index (χ1v) is 5.17. The van der Waals surface area contributed by atoms with Gasteiger partial charge in [0.25, 0.3) is 5.56 Å². The zero-order valence-corrected chi connectivity index (χ0v) is 9.66. The average Bonchev–Trinajstić information content (AvgIpc) is 2.02. The molecule has 2 heteroatoms. The van der Waals surface area contributed by atoms with E-state index in [1.54, 1.807) is 6.07 Å². The number of pyridine rings is 1. The van der Waals surface area contributed by atoms with Gasteiger partial charge in [-0.2, -0.15) is 0 Å². The quantitative estimate of drug-likeness (QED) is 0.708. The van der Waals surface area contributed by atoms with Crippen molar-refractivity contribution in [2.24, 2.45) is 0 Å². The molecule has 1 aromatic heterocycles. The summed E-state index contributed by atoms with van der Waals surface area (Å²) in [7, 11) is 0. The van der Waals surface area contributed by atoms with Crippen molar-refractivity contribution in [3.63, 3.8) is 0 Å². The zero-order chi connectivity index (χ0) is 10.9. The van der Waals surface area contributed by atoms with Crippen LogP contribution in [0.4, 0.5) is 0 Å². The number of hydrogen-bond donors (Lipinski definition) is 0. The van der Waals surface area contributed by atoms with Gasteiger partial charge in [0.15, 0.2) is 0 Å². The first-order valence-electron chi connectivity index (χ1n) is 5.17. The van der Waals surface area contributed by atoms with Crippen molar-refractivity contribution < 1.29 is 0 Å². The maximum atomic E-state index is 11.6. The minimum absolute atomic E-state index is 0.0990. The molecule has 0 fully saturated rings. The molecule has 0 aliphatic rings. The fourth-order valence-corrected chi connectivity index (χ4v) is 1.92. The number of nitrogens with zero attached hydrogens (tertiary/aromatic N) is 1. The summed E-state index contributed by atoms with van der Waals surface area (Å²) in [5, 5.41) is 0. The van der Waals surface area contributed by atoms with Crippen molar-refractivity contribution in [2.45, 2.75) is 46.6 Å². The van der Waals surface area contributed by atoms with Crippen LogP contribution < -0.4 is 5.56 Å². The van der Waals surface area contributed by atoms with E-state index in [0.29, 0.717) is 5.92 Å². The molecule has 0 N–H and O–H groups in total. The van der Waals surface area contributed by atoms with Gasteiger partial charge in [-0.05, 0) is 32.3 Å². The summed E-state index contributed by atoms with van der Waals surface area (Å²) in [6.45, 7) is 10.4. The Morgan fingerprint density at radius 1 is 1.14 bits per heavy atom. The molecule has 0 radical (unpaired) electrons. The van der Waals surface area contributed by atoms with Crippen molar-refractivity contribution in [1.82, 2.24) is 4.57 Å². The van der Waals surface area contributed by atoms with E-state index < -0.39 is 0 Å². The molecule has 0 unspecified atom stereocenters. The van der Waals surface area contributed by atoms with Crippen LogP contribution in [0.1, 0.15) is 50.9 Å². The van der Waals surface area contributed by atoms with Gasteiger partial charge in [0.1, 0.15) is 0 Å². The lowest BCUT2D eigenvalue weighted by Crippen LogP contribution is -2.24. The van der Waals surface area contributed by atoms with Gasteiger partial charge in [0, 0.05) is 17.8 Å². The van der Waals surface area contributed by atoms with E-state index >= 15 is 0 Å². The lowest BCUT2D eigenvalue weighted by Gasteiger charge is -2.18. The average molecular weight is 193 g/mol. The molecule has 78 valence electrons. The molecular formula is C12H19NO. The van der Waals surface area contributed by atoms with Crippen LogP contribution in [0.3, 0.4) is 0 Å². The normalized spacial score (nSPS) is 11.4. The fraction of sp³-hybridized carbons (Fsp3) is 0.583. The van der Waals surface area contributed by atoms with Gasteiger partial charge < -0.3 is 4.57 Å². The lowest BCUT2D eigenvalue weighted by molar-refractivity contribution is 0.554. The molecule has 0 saturated heterocycles. The van der Waals surface area contributed by atoms with Crippen LogP contribution >= 0.6 is 0 Å². The first kappa shape index (κ1) is 11.0. The second-order valence-corrected chi connectivity index (χ2v) is 4.33. The van der Waals surface area contributed by atoms with E-state index in [0.717, 1.165) is 5.69 Å². The summed E-state index contributed by atoms with van der Waals surface area (Å²) in [6.07, 6.45) is 0. The second-order valence-electron chi connectivity index (χ2n) is 4.33. The Hall–Kier alpha value is -1.05. The standard InChI is InChI=1S/C12H19NO/c1-8(2)11-6-7-12(14)13(9(3)4)10(11)5/h6-9H,1-5H3. The van der Waals surface area contributed by atoms with Gasteiger partial charge in [0.2, 0.25) is 0 Å². The molecule has 0 saturated carbocycles. The maximum Gasteiger partial charge on any atom is 0.250 e. The molecule has 14 heavy (non-hydrogen) atoms. The third-order valence-electron chi connectivity index (χ3n) is 2.56. The Balaban J connectivity index is 3.41. The minimum atomic E-state index is 0.0990. The molecule has 0 atom stereocenters. The Bertz CT molecular complexity index is 374. The molecular weight excluding hydrogens is 174 g/mol. The van der Waals surface area contributed by atoms with Gasteiger partial charge in [-0.25, -0.2) is 0 Å². The van der Waals surface area contributed by atoms with Crippen molar-refractivity contribution in [3.8, 4) is 0 Å². The third-order valence-corrected chi connectivity index (χ3v) is 2.56. The Kier molecular flexibility index (Phi) is 3.14. The minimum Gasteiger partial charge on any atom is -0.310 e. The highest BCUT2D eigenvalue weighted by molar-refractivity contribution is 5.23. The highest BCUT2D eigenvalue weighted by Crippen LogP contribution is 2.18.